The monoisotopic (exact) mass is 344 g/mol. The fourth-order valence-electron chi connectivity index (χ4n) is 2.49. The smallest absolute Gasteiger partial charge is 0.280 e. The summed E-state index contributed by atoms with van der Waals surface area (Å²) in [6, 6.07) is 0. The van der Waals surface area contributed by atoms with Crippen molar-refractivity contribution in [2.24, 2.45) is 0 Å². The molecule has 0 aliphatic heterocycles. The minimum absolute atomic E-state index is 0.00661. The summed E-state index contributed by atoms with van der Waals surface area (Å²) in [5, 5.41) is 21.6. The van der Waals surface area contributed by atoms with Gasteiger partial charge >= 0.3 is 0 Å². The predicted octanol–water partition coefficient (Wildman–Crippen LogP) is 0.725. The predicted molar refractivity (Wildman–Crippen MR) is 87.4 cm³/mol. The van der Waals surface area contributed by atoms with Crippen molar-refractivity contribution in [3.8, 4) is 11.6 Å². The second-order valence-electron chi connectivity index (χ2n) is 5.78. The molecule has 25 heavy (non-hydrogen) atoms. The highest BCUT2D eigenvalue weighted by molar-refractivity contribution is 5.76. The number of hydrogen-bond donors (Lipinski definition) is 2. The second kappa shape index (κ2) is 7.24. The molecule has 0 unspecified atom stereocenters. The summed E-state index contributed by atoms with van der Waals surface area (Å²) in [6.45, 7) is 6.60. The zero-order valence-electron chi connectivity index (χ0n) is 14.4. The van der Waals surface area contributed by atoms with Gasteiger partial charge in [0.1, 0.15) is 0 Å². The molecule has 0 bridgehead atoms. The number of rotatable bonds is 7. The minimum Gasteiger partial charge on any atom is -0.354 e. The van der Waals surface area contributed by atoms with Gasteiger partial charge in [0.05, 0.1) is 18.4 Å². The molecule has 0 saturated heterocycles. The van der Waals surface area contributed by atoms with E-state index in [9.17, 15) is 4.79 Å². The normalized spacial score (nSPS) is 11.0. The molecule has 3 heterocycles. The molecule has 1 amide bonds. The number of H-pyrrole nitrogens is 1. The summed E-state index contributed by atoms with van der Waals surface area (Å²) < 4.78 is 6.66. The van der Waals surface area contributed by atoms with E-state index in [0.29, 0.717) is 43.3 Å². The van der Waals surface area contributed by atoms with Gasteiger partial charge in [0.25, 0.3) is 5.89 Å². The van der Waals surface area contributed by atoms with Crippen LogP contribution in [0.25, 0.3) is 11.6 Å². The first-order chi connectivity index (χ1) is 12.0. The maximum atomic E-state index is 12.0. The molecule has 3 aromatic rings. The topological polar surface area (TPSA) is 127 Å². The molecular weight excluding hydrogens is 324 g/mol. The Morgan fingerprint density at radius 2 is 2.20 bits per heavy atom. The number of aromatic amines is 1. The van der Waals surface area contributed by atoms with Crippen LogP contribution in [0, 0.1) is 20.8 Å². The van der Waals surface area contributed by atoms with Crippen molar-refractivity contribution in [1.29, 1.82) is 0 Å². The highest BCUT2D eigenvalue weighted by Crippen LogP contribution is 2.13. The van der Waals surface area contributed by atoms with Crippen LogP contribution in [0.15, 0.2) is 10.7 Å². The zero-order valence-corrected chi connectivity index (χ0v) is 14.4. The van der Waals surface area contributed by atoms with Gasteiger partial charge in [0, 0.05) is 18.7 Å². The number of nitrogens with one attached hydrogen (secondary N) is 2. The summed E-state index contributed by atoms with van der Waals surface area (Å²) in [4.78, 5) is 16.1. The van der Waals surface area contributed by atoms with Crippen molar-refractivity contribution in [3.63, 3.8) is 0 Å². The number of hydrogen-bond acceptors (Lipinski definition) is 7. The highest BCUT2D eigenvalue weighted by atomic mass is 16.5. The Bertz CT molecular complexity index is 843. The van der Waals surface area contributed by atoms with Gasteiger partial charge in [-0.25, -0.2) is 4.68 Å². The number of aryl methyl sites for hydroxylation is 3. The van der Waals surface area contributed by atoms with Crippen LogP contribution >= 0.6 is 0 Å². The minimum atomic E-state index is -0.00661. The maximum Gasteiger partial charge on any atom is 0.280 e. The average Bonchev–Trinajstić information content (AvgIpc) is 3.28. The molecule has 3 aromatic heterocycles. The molecule has 3 rings (SSSR count). The largest absolute Gasteiger partial charge is 0.354 e. The standard InChI is InChI=1S/C15H20N8O2/c1-9-12(10(2)19-18-9)4-5-14(24)16-6-7-23-8-13(20-22-23)15-17-11(3)21-25-15/h8H,4-7H2,1-3H3,(H,16,24)(H,18,19). The summed E-state index contributed by atoms with van der Waals surface area (Å²) >= 11 is 0. The van der Waals surface area contributed by atoms with Gasteiger partial charge in [-0.3, -0.25) is 9.89 Å². The Labute approximate surface area is 144 Å². The molecule has 0 radical (unpaired) electrons. The van der Waals surface area contributed by atoms with Gasteiger partial charge in [-0.15, -0.1) is 5.10 Å². The first-order valence-corrected chi connectivity index (χ1v) is 8.01. The second-order valence-corrected chi connectivity index (χ2v) is 5.78. The lowest BCUT2D eigenvalue weighted by Crippen LogP contribution is -2.27. The Hall–Kier alpha value is -3.04. The van der Waals surface area contributed by atoms with E-state index in [4.69, 9.17) is 4.52 Å². The Balaban J connectivity index is 1.43. The maximum absolute atomic E-state index is 12.0. The lowest BCUT2D eigenvalue weighted by molar-refractivity contribution is -0.121. The van der Waals surface area contributed by atoms with E-state index < -0.39 is 0 Å². The third kappa shape index (κ3) is 4.08. The summed E-state index contributed by atoms with van der Waals surface area (Å²) in [5.41, 5.74) is 3.57. The van der Waals surface area contributed by atoms with Gasteiger partial charge in [-0.1, -0.05) is 10.4 Å². The summed E-state index contributed by atoms with van der Waals surface area (Å²) in [6.07, 6.45) is 2.80. The number of amides is 1. The first-order valence-electron chi connectivity index (χ1n) is 8.01. The molecule has 2 N–H and O–H groups in total. The third-order valence-electron chi connectivity index (χ3n) is 3.83. The van der Waals surface area contributed by atoms with E-state index >= 15 is 0 Å². The van der Waals surface area contributed by atoms with Crippen molar-refractivity contribution in [2.45, 2.75) is 40.2 Å². The molecule has 0 spiro atoms. The molecule has 0 aromatic carbocycles. The van der Waals surface area contributed by atoms with E-state index in [2.05, 4.69) is 36.0 Å². The van der Waals surface area contributed by atoms with Crippen molar-refractivity contribution in [1.82, 2.24) is 40.6 Å². The van der Waals surface area contributed by atoms with Gasteiger partial charge in [0.15, 0.2) is 11.5 Å². The molecular formula is C15H20N8O2. The molecule has 0 fully saturated rings. The van der Waals surface area contributed by atoms with Crippen LogP contribution in [0.5, 0.6) is 0 Å². The SMILES string of the molecule is Cc1noc(-c2cn(CCNC(=O)CCc3c(C)n[nH]c3C)nn2)n1. The van der Waals surface area contributed by atoms with Crippen LogP contribution in [0.2, 0.25) is 0 Å². The van der Waals surface area contributed by atoms with Crippen LogP contribution in [0.1, 0.15) is 29.2 Å². The number of nitrogens with zero attached hydrogens (tertiary/aromatic N) is 6. The van der Waals surface area contributed by atoms with Gasteiger partial charge < -0.3 is 9.84 Å². The molecule has 0 atom stereocenters. The van der Waals surface area contributed by atoms with Crippen LogP contribution in [0.3, 0.4) is 0 Å². The van der Waals surface area contributed by atoms with Crippen LogP contribution < -0.4 is 5.32 Å². The summed E-state index contributed by atoms with van der Waals surface area (Å²) in [5.74, 6) is 0.867. The van der Waals surface area contributed by atoms with E-state index in [1.54, 1.807) is 17.8 Å². The van der Waals surface area contributed by atoms with Gasteiger partial charge in [0.2, 0.25) is 5.91 Å². The molecule has 0 aliphatic carbocycles. The van der Waals surface area contributed by atoms with Crippen molar-refractivity contribution in [2.75, 3.05) is 6.54 Å². The van der Waals surface area contributed by atoms with Crippen molar-refractivity contribution in [3.05, 3.63) is 29.0 Å². The molecule has 0 aliphatic rings. The quantitative estimate of drug-likeness (QED) is 0.646. The fourth-order valence-corrected chi connectivity index (χ4v) is 2.49. The Morgan fingerprint density at radius 3 is 2.88 bits per heavy atom. The molecule has 132 valence electrons. The lowest BCUT2D eigenvalue weighted by atomic mass is 10.1. The number of carbonyl (C=O) groups excluding carboxylic acids is 1. The Morgan fingerprint density at radius 1 is 1.36 bits per heavy atom. The Kier molecular flexibility index (Phi) is 4.87. The summed E-state index contributed by atoms with van der Waals surface area (Å²) in [7, 11) is 0. The van der Waals surface area contributed by atoms with E-state index in [1.807, 2.05) is 13.8 Å². The third-order valence-corrected chi connectivity index (χ3v) is 3.83. The van der Waals surface area contributed by atoms with Crippen molar-refractivity contribution >= 4 is 5.91 Å². The van der Waals surface area contributed by atoms with Crippen LogP contribution in [0.4, 0.5) is 0 Å². The van der Waals surface area contributed by atoms with Crippen LogP contribution in [-0.4, -0.2) is 47.8 Å². The molecule has 0 saturated carbocycles. The molecule has 10 nitrogen and oxygen atoms in total. The van der Waals surface area contributed by atoms with Gasteiger partial charge in [-0.05, 0) is 32.8 Å². The lowest BCUT2D eigenvalue weighted by Gasteiger charge is -2.05. The fraction of sp³-hybridized carbons (Fsp3) is 0.467. The van der Waals surface area contributed by atoms with Crippen LogP contribution in [-0.2, 0) is 17.8 Å². The van der Waals surface area contributed by atoms with Crippen molar-refractivity contribution < 1.29 is 9.32 Å². The zero-order chi connectivity index (χ0) is 17.8. The van der Waals surface area contributed by atoms with E-state index in [1.165, 1.54) is 0 Å². The molecule has 10 heteroatoms. The first kappa shape index (κ1) is 16.8. The number of aromatic nitrogens is 7. The van der Waals surface area contributed by atoms with Gasteiger partial charge in [-0.2, -0.15) is 10.1 Å². The highest BCUT2D eigenvalue weighted by Gasteiger charge is 2.11. The van der Waals surface area contributed by atoms with E-state index in [-0.39, 0.29) is 5.91 Å². The number of carbonyl (C=O) groups is 1. The average molecular weight is 344 g/mol. The van der Waals surface area contributed by atoms with E-state index in [0.717, 1.165) is 17.0 Å².